The lowest BCUT2D eigenvalue weighted by molar-refractivity contribution is -0.142. The standard InChI is InChI=1S/C10H5F3NOS/c11-10(12,13)8-6-16-9(15)14(8)7-4-2-1-3-5-7/h1-5H. The number of thiazole rings is 1. The van der Waals surface area contributed by atoms with E-state index in [2.05, 4.69) is 0 Å². The number of benzene rings is 1. The molecule has 0 unspecified atom stereocenters. The topological polar surface area (TPSA) is 22.0 Å². The zero-order chi connectivity index (χ0) is 11.8. The highest BCUT2D eigenvalue weighted by molar-refractivity contribution is 7.06. The van der Waals surface area contributed by atoms with Gasteiger partial charge in [-0.2, -0.15) is 13.2 Å². The van der Waals surface area contributed by atoms with Crippen molar-refractivity contribution in [2.45, 2.75) is 6.18 Å². The van der Waals surface area contributed by atoms with E-state index in [9.17, 15) is 18.0 Å². The van der Waals surface area contributed by atoms with Crippen LogP contribution in [0.15, 0.2) is 35.1 Å². The van der Waals surface area contributed by atoms with Crippen molar-refractivity contribution in [1.82, 2.24) is 4.57 Å². The maximum absolute atomic E-state index is 12.6. The zero-order valence-electron chi connectivity index (χ0n) is 7.78. The molecular weight excluding hydrogens is 239 g/mol. The molecule has 0 aliphatic carbocycles. The first-order valence-electron chi connectivity index (χ1n) is 4.26. The molecule has 0 aliphatic rings. The van der Waals surface area contributed by atoms with E-state index in [1.165, 1.54) is 12.1 Å². The van der Waals surface area contributed by atoms with Gasteiger partial charge in [-0.05, 0) is 12.1 Å². The van der Waals surface area contributed by atoms with Gasteiger partial charge in [0.25, 0.3) is 0 Å². The van der Waals surface area contributed by atoms with Crippen LogP contribution >= 0.6 is 11.3 Å². The van der Waals surface area contributed by atoms with Crippen molar-refractivity contribution in [3.63, 3.8) is 0 Å². The Balaban J connectivity index is 2.66. The molecule has 16 heavy (non-hydrogen) atoms. The molecule has 0 fully saturated rings. The molecule has 0 atom stereocenters. The van der Waals surface area contributed by atoms with Crippen LogP contribution in [-0.4, -0.2) is 4.57 Å². The van der Waals surface area contributed by atoms with Crippen LogP contribution in [0.3, 0.4) is 0 Å². The summed E-state index contributed by atoms with van der Waals surface area (Å²) in [7, 11) is 0. The summed E-state index contributed by atoms with van der Waals surface area (Å²) in [6, 6.07) is 7.69. The molecule has 0 saturated heterocycles. The Labute approximate surface area is 92.6 Å². The van der Waals surface area contributed by atoms with E-state index < -0.39 is 16.7 Å². The van der Waals surface area contributed by atoms with Crippen molar-refractivity contribution < 1.29 is 13.2 Å². The SMILES string of the molecule is O=c1s[c]c(C(F)(F)F)n1-c1ccccc1. The minimum Gasteiger partial charge on any atom is -0.262 e. The number of hydrogen-bond donors (Lipinski definition) is 0. The van der Waals surface area contributed by atoms with Gasteiger partial charge in [0.05, 0.1) is 11.1 Å². The Hall–Kier alpha value is -1.56. The minimum atomic E-state index is -4.57. The second-order valence-corrected chi connectivity index (χ2v) is 3.74. The van der Waals surface area contributed by atoms with E-state index in [0.717, 1.165) is 0 Å². The highest BCUT2D eigenvalue weighted by Crippen LogP contribution is 2.30. The Morgan fingerprint density at radius 3 is 2.38 bits per heavy atom. The first-order valence-corrected chi connectivity index (χ1v) is 5.08. The molecule has 0 saturated carbocycles. The van der Waals surface area contributed by atoms with Gasteiger partial charge >= 0.3 is 11.0 Å². The summed E-state index contributed by atoms with van der Waals surface area (Å²) in [6.07, 6.45) is -4.57. The molecule has 83 valence electrons. The number of nitrogens with zero attached hydrogens (tertiary/aromatic N) is 1. The van der Waals surface area contributed by atoms with Gasteiger partial charge in [-0.25, -0.2) is 0 Å². The van der Waals surface area contributed by atoms with Crippen LogP contribution in [0.25, 0.3) is 5.69 Å². The van der Waals surface area contributed by atoms with E-state index in [4.69, 9.17) is 0 Å². The first kappa shape index (κ1) is 10.9. The van der Waals surface area contributed by atoms with Crippen molar-refractivity contribution in [2.75, 3.05) is 0 Å². The van der Waals surface area contributed by atoms with E-state index in [1.54, 1.807) is 18.2 Å². The number of halogens is 3. The fourth-order valence-electron chi connectivity index (χ4n) is 1.27. The Morgan fingerprint density at radius 1 is 1.19 bits per heavy atom. The molecule has 6 heteroatoms. The molecule has 0 spiro atoms. The van der Waals surface area contributed by atoms with Crippen molar-refractivity contribution >= 4 is 11.3 Å². The second kappa shape index (κ2) is 3.79. The quantitative estimate of drug-likeness (QED) is 0.756. The van der Waals surface area contributed by atoms with Crippen LogP contribution in [0.2, 0.25) is 0 Å². The molecule has 0 amide bonds. The monoisotopic (exact) mass is 244 g/mol. The largest absolute Gasteiger partial charge is 0.433 e. The third-order valence-corrected chi connectivity index (χ3v) is 2.58. The van der Waals surface area contributed by atoms with E-state index in [-0.39, 0.29) is 5.69 Å². The molecule has 1 aromatic carbocycles. The molecule has 2 rings (SSSR count). The van der Waals surface area contributed by atoms with Crippen molar-refractivity contribution in [2.24, 2.45) is 0 Å². The molecule has 0 N–H and O–H groups in total. The van der Waals surface area contributed by atoms with Gasteiger partial charge in [-0.15, -0.1) is 0 Å². The third kappa shape index (κ3) is 1.88. The lowest BCUT2D eigenvalue weighted by atomic mass is 10.3. The zero-order valence-corrected chi connectivity index (χ0v) is 8.60. The molecular formula is C10H5F3NOS. The summed E-state index contributed by atoms with van der Waals surface area (Å²) in [5, 5.41) is 1.98. The van der Waals surface area contributed by atoms with Gasteiger partial charge < -0.3 is 0 Å². The van der Waals surface area contributed by atoms with E-state index in [1.807, 2.05) is 5.38 Å². The number of para-hydroxylation sites is 1. The van der Waals surface area contributed by atoms with Crippen LogP contribution in [0.4, 0.5) is 13.2 Å². The summed E-state index contributed by atoms with van der Waals surface area (Å²) < 4.78 is 38.3. The van der Waals surface area contributed by atoms with Gasteiger partial charge in [0.2, 0.25) is 0 Å². The smallest absolute Gasteiger partial charge is 0.262 e. The second-order valence-electron chi connectivity index (χ2n) is 2.99. The number of alkyl halides is 3. The van der Waals surface area contributed by atoms with Gasteiger partial charge in [-0.1, -0.05) is 29.5 Å². The Bertz CT molecular complexity index is 541. The first-order chi connectivity index (χ1) is 7.50. The minimum absolute atomic E-state index is 0.192. The molecule has 1 radical (unpaired) electrons. The summed E-state index contributed by atoms with van der Waals surface area (Å²) in [4.78, 5) is 10.6. The fourth-order valence-corrected chi connectivity index (χ4v) is 1.95. The van der Waals surface area contributed by atoms with Gasteiger partial charge in [-0.3, -0.25) is 9.36 Å². The highest BCUT2D eigenvalue weighted by atomic mass is 32.1. The van der Waals surface area contributed by atoms with Crippen LogP contribution in [0.1, 0.15) is 5.69 Å². The fraction of sp³-hybridized carbons (Fsp3) is 0.100. The number of rotatable bonds is 1. The van der Waals surface area contributed by atoms with Crippen molar-refractivity contribution in [3.05, 3.63) is 51.1 Å². The average molecular weight is 244 g/mol. The Morgan fingerprint density at radius 2 is 1.81 bits per heavy atom. The number of hydrogen-bond acceptors (Lipinski definition) is 2. The van der Waals surface area contributed by atoms with Gasteiger partial charge in [0, 0.05) is 0 Å². The summed E-state index contributed by atoms with van der Waals surface area (Å²) >= 11 is 0.415. The molecule has 2 nitrogen and oxygen atoms in total. The maximum atomic E-state index is 12.6. The van der Waals surface area contributed by atoms with E-state index in [0.29, 0.717) is 15.9 Å². The van der Waals surface area contributed by atoms with Crippen LogP contribution < -0.4 is 4.87 Å². The lowest BCUT2D eigenvalue weighted by Crippen LogP contribution is -2.19. The predicted octanol–water partition coefficient (Wildman–Crippen LogP) is 2.72. The number of aromatic nitrogens is 1. The predicted molar refractivity (Wildman–Crippen MR) is 53.8 cm³/mol. The van der Waals surface area contributed by atoms with Gasteiger partial charge in [0.1, 0.15) is 0 Å². The molecule has 0 aliphatic heterocycles. The summed E-state index contributed by atoms with van der Waals surface area (Å²) in [6.45, 7) is 0. The van der Waals surface area contributed by atoms with Crippen molar-refractivity contribution in [1.29, 1.82) is 0 Å². The summed E-state index contributed by atoms with van der Waals surface area (Å²) in [5.74, 6) is 0. The van der Waals surface area contributed by atoms with E-state index >= 15 is 0 Å². The van der Waals surface area contributed by atoms with Crippen LogP contribution in [0, 0.1) is 5.38 Å². The maximum Gasteiger partial charge on any atom is 0.433 e. The Kier molecular flexibility index (Phi) is 2.59. The van der Waals surface area contributed by atoms with Gasteiger partial charge in [0.15, 0.2) is 5.69 Å². The van der Waals surface area contributed by atoms with Crippen LogP contribution in [0.5, 0.6) is 0 Å². The highest BCUT2D eigenvalue weighted by Gasteiger charge is 2.36. The molecule has 1 heterocycles. The molecule has 0 bridgehead atoms. The van der Waals surface area contributed by atoms with Crippen LogP contribution in [-0.2, 0) is 6.18 Å². The lowest BCUT2D eigenvalue weighted by Gasteiger charge is -2.09. The normalized spacial score (nSPS) is 11.7. The third-order valence-electron chi connectivity index (χ3n) is 1.92. The average Bonchev–Trinajstić information content (AvgIpc) is 2.61. The van der Waals surface area contributed by atoms with Crippen molar-refractivity contribution in [3.8, 4) is 5.69 Å². The molecule has 2 aromatic rings. The molecule has 1 aromatic heterocycles. The summed E-state index contributed by atoms with van der Waals surface area (Å²) in [5.41, 5.74) is -0.869.